The molecule has 0 aliphatic carbocycles. The molecule has 1 saturated heterocycles. The molecule has 3 atom stereocenters. The van der Waals surface area contributed by atoms with E-state index in [1.54, 1.807) is 0 Å². The summed E-state index contributed by atoms with van der Waals surface area (Å²) in [5.41, 5.74) is -1.60. The first-order valence-electron chi connectivity index (χ1n) is 16.2. The number of nitrogens with zero attached hydrogens (tertiary/aromatic N) is 2. The lowest BCUT2D eigenvalue weighted by atomic mass is 9.77. The Morgan fingerprint density at radius 3 is 2.51 bits per heavy atom. The number of halogens is 3. The third-order valence-corrected chi connectivity index (χ3v) is 9.35. The number of benzene rings is 2. The molecular formula is C36H42ClF2N3O7. The number of carbonyl (C=O) groups excluding carboxylic acids is 2. The highest BCUT2D eigenvalue weighted by Gasteiger charge is 2.53. The summed E-state index contributed by atoms with van der Waals surface area (Å²) in [6.45, 7) is 8.01. The summed E-state index contributed by atoms with van der Waals surface area (Å²) < 4.78 is 61.3. The van der Waals surface area contributed by atoms with Crippen LogP contribution in [0.15, 0.2) is 42.6 Å². The Morgan fingerprint density at radius 2 is 1.88 bits per heavy atom. The Balaban J connectivity index is 1.64. The highest BCUT2D eigenvalue weighted by molar-refractivity contribution is 6.34. The number of nitrogens with one attached hydrogen (secondary N) is 1. The van der Waals surface area contributed by atoms with Crippen LogP contribution in [0.3, 0.4) is 0 Å². The van der Waals surface area contributed by atoms with Crippen LogP contribution < -0.4 is 14.8 Å². The summed E-state index contributed by atoms with van der Waals surface area (Å²) in [5.74, 6) is -3.60. The standard InChI is InChI=1S/C36H42ClF2N3O7/c1-21-27-25(49-36(21,22-12-8-7-9-13-22)20-42(34(44)45-6)35(2,3)4)18-24(38)30(37)29(27)28-23(32(43)40-5)19-41-33(31(28)39)48-17-16-47-26-14-10-11-15-46-26/h7-9,12-13,18-19,21,26H,10-11,14-17,20H2,1-6H3,(H,40,43)/t21-,26-,36-/m0/s1. The van der Waals surface area contributed by atoms with Crippen molar-refractivity contribution >= 4 is 23.6 Å². The number of ether oxygens (including phenoxy) is 5. The maximum Gasteiger partial charge on any atom is 0.410 e. The third-order valence-electron chi connectivity index (χ3n) is 8.98. The predicted octanol–water partition coefficient (Wildman–Crippen LogP) is 7.22. The van der Waals surface area contributed by atoms with Crippen molar-refractivity contribution in [1.29, 1.82) is 0 Å². The first-order valence-corrected chi connectivity index (χ1v) is 16.6. The van der Waals surface area contributed by atoms with Gasteiger partial charge in [-0.1, -0.05) is 48.9 Å². The number of aromatic nitrogens is 1. The first-order chi connectivity index (χ1) is 23.3. The van der Waals surface area contributed by atoms with E-state index in [1.807, 2.05) is 58.0 Å². The molecule has 2 aliphatic rings. The fourth-order valence-electron chi connectivity index (χ4n) is 6.39. The van der Waals surface area contributed by atoms with Crippen LogP contribution >= 0.6 is 11.6 Å². The fraction of sp³-hybridized carbons (Fsp3) is 0.472. The van der Waals surface area contributed by atoms with E-state index in [9.17, 15) is 9.59 Å². The minimum Gasteiger partial charge on any atom is -0.480 e. The van der Waals surface area contributed by atoms with Crippen molar-refractivity contribution in [2.45, 2.75) is 70.3 Å². The summed E-state index contributed by atoms with van der Waals surface area (Å²) in [5, 5.41) is 2.08. The van der Waals surface area contributed by atoms with Gasteiger partial charge in [0, 0.05) is 54.1 Å². The molecule has 0 unspecified atom stereocenters. The van der Waals surface area contributed by atoms with Crippen LogP contribution in [0.4, 0.5) is 13.6 Å². The number of hydrogen-bond acceptors (Lipinski definition) is 8. The topological polar surface area (TPSA) is 108 Å². The number of fused-ring (bicyclic) bond motifs is 1. The van der Waals surface area contributed by atoms with Crippen LogP contribution in [-0.4, -0.2) is 74.2 Å². The van der Waals surface area contributed by atoms with Gasteiger partial charge >= 0.3 is 6.09 Å². The van der Waals surface area contributed by atoms with Gasteiger partial charge in [-0.2, -0.15) is 0 Å². The third kappa shape index (κ3) is 7.18. The summed E-state index contributed by atoms with van der Waals surface area (Å²) in [6, 6.07) is 10.3. The molecule has 13 heteroatoms. The maximum atomic E-state index is 16.7. The van der Waals surface area contributed by atoms with Crippen LogP contribution in [0.25, 0.3) is 11.1 Å². The Morgan fingerprint density at radius 1 is 1.14 bits per heavy atom. The summed E-state index contributed by atoms with van der Waals surface area (Å²) >= 11 is 6.72. The van der Waals surface area contributed by atoms with Crippen molar-refractivity contribution in [2.24, 2.45) is 0 Å². The average Bonchev–Trinajstić information content (AvgIpc) is 3.37. The Hall–Kier alpha value is -4.00. The minimum atomic E-state index is -1.31. The lowest BCUT2D eigenvalue weighted by Gasteiger charge is -2.43. The molecular weight excluding hydrogens is 660 g/mol. The lowest BCUT2D eigenvalue weighted by molar-refractivity contribution is -0.165. The van der Waals surface area contributed by atoms with E-state index in [0.717, 1.165) is 31.5 Å². The largest absolute Gasteiger partial charge is 0.480 e. The van der Waals surface area contributed by atoms with Crippen molar-refractivity contribution in [3.63, 3.8) is 0 Å². The second-order valence-electron chi connectivity index (χ2n) is 13.0. The lowest BCUT2D eigenvalue weighted by Crippen LogP contribution is -2.54. The SMILES string of the molecule is CNC(=O)c1cnc(OCCO[C@H]2CCCCO2)c(F)c1-c1c(Cl)c(F)cc2c1[C@H](C)[C@@](CN(C(=O)OC)C(C)(C)C)(c1ccccc1)O2. The number of methoxy groups -OCH3 is 1. The van der Waals surface area contributed by atoms with Gasteiger partial charge in [0.2, 0.25) is 0 Å². The molecule has 3 aromatic rings. The van der Waals surface area contributed by atoms with E-state index in [0.29, 0.717) is 17.7 Å². The summed E-state index contributed by atoms with van der Waals surface area (Å²) in [6.07, 6.45) is 2.90. The van der Waals surface area contributed by atoms with Crippen LogP contribution in [0, 0.1) is 11.6 Å². The molecule has 2 amide bonds. The Kier molecular flexibility index (Phi) is 11.0. The second-order valence-corrected chi connectivity index (χ2v) is 13.4. The molecule has 1 N–H and O–H groups in total. The molecule has 2 aromatic carbocycles. The van der Waals surface area contributed by atoms with Gasteiger partial charge in [-0.3, -0.25) is 9.69 Å². The molecule has 1 fully saturated rings. The molecule has 264 valence electrons. The van der Waals surface area contributed by atoms with Gasteiger partial charge in [0.1, 0.15) is 18.2 Å². The minimum absolute atomic E-state index is 0.0259. The zero-order valence-electron chi connectivity index (χ0n) is 28.5. The van der Waals surface area contributed by atoms with Crippen molar-refractivity contribution in [3.8, 4) is 22.8 Å². The molecule has 0 spiro atoms. The molecule has 2 aliphatic heterocycles. The van der Waals surface area contributed by atoms with Gasteiger partial charge in [-0.25, -0.2) is 18.6 Å². The van der Waals surface area contributed by atoms with Crippen molar-refractivity contribution in [3.05, 3.63) is 75.9 Å². The number of rotatable bonds is 10. The highest BCUT2D eigenvalue weighted by atomic mass is 35.5. The summed E-state index contributed by atoms with van der Waals surface area (Å²) in [4.78, 5) is 31.9. The smallest absolute Gasteiger partial charge is 0.410 e. The predicted molar refractivity (Wildman–Crippen MR) is 179 cm³/mol. The van der Waals surface area contributed by atoms with Gasteiger partial charge in [-0.15, -0.1) is 0 Å². The van der Waals surface area contributed by atoms with Crippen LogP contribution in [0.5, 0.6) is 11.6 Å². The molecule has 0 radical (unpaired) electrons. The van der Waals surface area contributed by atoms with Crippen molar-refractivity contribution < 1.29 is 42.1 Å². The molecule has 1 aromatic heterocycles. The number of amides is 2. The van der Waals surface area contributed by atoms with E-state index in [2.05, 4.69) is 10.3 Å². The molecule has 49 heavy (non-hydrogen) atoms. The Bertz CT molecular complexity index is 1680. The van der Waals surface area contributed by atoms with Crippen LogP contribution in [0.2, 0.25) is 5.02 Å². The van der Waals surface area contributed by atoms with Gasteiger partial charge in [0.25, 0.3) is 11.8 Å². The van der Waals surface area contributed by atoms with Crippen molar-refractivity contribution in [1.82, 2.24) is 15.2 Å². The molecule has 0 saturated carbocycles. The van der Waals surface area contributed by atoms with Gasteiger partial charge in [-0.05, 0) is 45.6 Å². The monoisotopic (exact) mass is 701 g/mol. The number of hydrogen-bond donors (Lipinski definition) is 1. The van der Waals surface area contributed by atoms with E-state index in [1.165, 1.54) is 19.1 Å². The van der Waals surface area contributed by atoms with E-state index < -0.39 is 51.6 Å². The second kappa shape index (κ2) is 14.9. The average molecular weight is 702 g/mol. The molecule has 5 rings (SSSR count). The van der Waals surface area contributed by atoms with Crippen LogP contribution in [-0.2, 0) is 19.8 Å². The normalized spacial score (nSPS) is 20.3. The van der Waals surface area contributed by atoms with E-state index in [4.69, 9.17) is 35.3 Å². The van der Waals surface area contributed by atoms with Crippen molar-refractivity contribution in [2.75, 3.05) is 40.5 Å². The zero-order chi connectivity index (χ0) is 35.5. The van der Waals surface area contributed by atoms with Gasteiger partial charge in [0.15, 0.2) is 17.7 Å². The van der Waals surface area contributed by atoms with Gasteiger partial charge < -0.3 is 29.0 Å². The Labute approximate surface area is 290 Å². The maximum absolute atomic E-state index is 16.7. The quantitative estimate of drug-likeness (QED) is 0.221. The zero-order valence-corrected chi connectivity index (χ0v) is 29.3. The first kappa shape index (κ1) is 36.3. The molecule has 10 nitrogen and oxygen atoms in total. The molecule has 3 heterocycles. The number of carbonyl (C=O) groups is 2. The van der Waals surface area contributed by atoms with Crippen LogP contribution in [0.1, 0.15) is 74.4 Å². The summed E-state index contributed by atoms with van der Waals surface area (Å²) in [7, 11) is 2.68. The van der Waals surface area contributed by atoms with E-state index >= 15 is 8.78 Å². The van der Waals surface area contributed by atoms with E-state index in [-0.39, 0.29) is 48.5 Å². The molecule has 0 bridgehead atoms. The van der Waals surface area contributed by atoms with Gasteiger partial charge in [0.05, 0.1) is 30.8 Å². The number of pyridine rings is 1. The fourth-order valence-corrected chi connectivity index (χ4v) is 6.64. The highest BCUT2D eigenvalue weighted by Crippen LogP contribution is 2.57.